The molecule has 170 valence electrons. The van der Waals surface area contributed by atoms with Crippen molar-refractivity contribution in [3.63, 3.8) is 0 Å². The zero-order chi connectivity index (χ0) is 22.3. The van der Waals surface area contributed by atoms with Gasteiger partial charge in [0, 0.05) is 51.9 Å². The summed E-state index contributed by atoms with van der Waals surface area (Å²) >= 11 is 6.02. The van der Waals surface area contributed by atoms with Crippen molar-refractivity contribution in [1.29, 1.82) is 0 Å². The van der Waals surface area contributed by atoms with E-state index in [1.807, 2.05) is 0 Å². The van der Waals surface area contributed by atoms with E-state index in [4.69, 9.17) is 26.6 Å². The number of carboxylic acid groups (broad SMARTS) is 1. The first kappa shape index (κ1) is 25.0. The number of sulfonamides is 1. The molecule has 1 aromatic carbocycles. The molecule has 0 bridgehead atoms. The van der Waals surface area contributed by atoms with Gasteiger partial charge in [-0.3, -0.25) is 14.6 Å². The van der Waals surface area contributed by atoms with Gasteiger partial charge in [-0.05, 0) is 37.5 Å². The highest BCUT2D eigenvalue weighted by Gasteiger charge is 2.34. The molecule has 0 atom stereocenters. The summed E-state index contributed by atoms with van der Waals surface area (Å²) < 4.78 is 41.0. The number of rotatable bonds is 5. The zero-order valence-electron chi connectivity index (χ0n) is 17.0. The maximum Gasteiger partial charge on any atom is 0.290 e. The van der Waals surface area contributed by atoms with Crippen molar-refractivity contribution in [3.8, 4) is 0 Å². The molecule has 1 aromatic rings. The van der Waals surface area contributed by atoms with Crippen LogP contribution in [0.15, 0.2) is 17.0 Å². The fraction of sp³-hybridized carbons (Fsp3) is 0.632. The average molecular weight is 466 g/mol. The molecule has 0 amide bonds. The number of aliphatic hydroxyl groups is 1. The summed E-state index contributed by atoms with van der Waals surface area (Å²) in [5, 5.41) is 15.9. The second kappa shape index (κ2) is 11.4. The quantitative estimate of drug-likeness (QED) is 0.631. The van der Waals surface area contributed by atoms with E-state index in [0.29, 0.717) is 25.7 Å². The molecule has 3 rings (SSSR count). The lowest BCUT2D eigenvalue weighted by atomic mass is 10.0. The van der Waals surface area contributed by atoms with Crippen LogP contribution in [0.4, 0.5) is 4.39 Å². The van der Waals surface area contributed by atoms with E-state index in [-0.39, 0.29) is 28.6 Å². The predicted molar refractivity (Wildman–Crippen MR) is 112 cm³/mol. The Morgan fingerprint density at radius 3 is 2.27 bits per heavy atom. The molecule has 2 fully saturated rings. The highest BCUT2D eigenvalue weighted by molar-refractivity contribution is 7.89. The van der Waals surface area contributed by atoms with Crippen LogP contribution in [-0.4, -0.2) is 97.7 Å². The summed E-state index contributed by atoms with van der Waals surface area (Å²) in [6, 6.07) is 2.76. The fourth-order valence-corrected chi connectivity index (χ4v) is 5.95. The van der Waals surface area contributed by atoms with Crippen LogP contribution in [0.5, 0.6) is 0 Å². The van der Waals surface area contributed by atoms with E-state index in [0.717, 1.165) is 45.1 Å². The molecule has 8 nitrogen and oxygen atoms in total. The molecule has 2 N–H and O–H groups in total. The molecule has 2 aliphatic heterocycles. The van der Waals surface area contributed by atoms with Gasteiger partial charge in [0.15, 0.2) is 0 Å². The second-order valence-electron chi connectivity index (χ2n) is 7.37. The molecular formula is C19H29ClFN3O5S. The van der Waals surface area contributed by atoms with E-state index in [9.17, 15) is 12.8 Å². The van der Waals surface area contributed by atoms with Crippen molar-refractivity contribution >= 4 is 28.1 Å². The number of carbonyl (C=O) groups is 1. The molecule has 30 heavy (non-hydrogen) atoms. The van der Waals surface area contributed by atoms with E-state index in [1.54, 1.807) is 0 Å². The minimum Gasteiger partial charge on any atom is -0.483 e. The Hall–Kier alpha value is -1.30. The van der Waals surface area contributed by atoms with Crippen molar-refractivity contribution in [2.24, 2.45) is 0 Å². The molecule has 2 aliphatic rings. The van der Waals surface area contributed by atoms with Crippen LogP contribution in [0.2, 0.25) is 5.02 Å². The number of piperazine rings is 1. The SMILES string of the molecule is Cc1cc(S(=O)(=O)N2CCC(N3CCN(CCO)CC3)CC2)c(Cl)cc1F.O=CO. The maximum atomic E-state index is 13.6. The van der Waals surface area contributed by atoms with Crippen LogP contribution in [0.3, 0.4) is 0 Å². The van der Waals surface area contributed by atoms with Crippen LogP contribution in [-0.2, 0) is 14.8 Å². The molecule has 0 radical (unpaired) electrons. The molecule has 2 heterocycles. The predicted octanol–water partition coefficient (Wildman–Crippen LogP) is 1.25. The van der Waals surface area contributed by atoms with Crippen molar-refractivity contribution in [3.05, 3.63) is 28.5 Å². The maximum absolute atomic E-state index is 13.6. The smallest absolute Gasteiger partial charge is 0.290 e. The van der Waals surface area contributed by atoms with Crippen LogP contribution < -0.4 is 0 Å². The molecule has 2 saturated heterocycles. The highest BCUT2D eigenvalue weighted by atomic mass is 35.5. The molecular weight excluding hydrogens is 437 g/mol. The number of hydrogen-bond acceptors (Lipinski definition) is 6. The van der Waals surface area contributed by atoms with Gasteiger partial charge in [0.2, 0.25) is 10.0 Å². The van der Waals surface area contributed by atoms with E-state index in [1.165, 1.54) is 17.3 Å². The van der Waals surface area contributed by atoms with Crippen molar-refractivity contribution in [2.45, 2.75) is 30.7 Å². The third kappa shape index (κ3) is 6.12. The number of nitrogens with zero attached hydrogens (tertiary/aromatic N) is 3. The summed E-state index contributed by atoms with van der Waals surface area (Å²) in [5.74, 6) is -0.502. The van der Waals surface area contributed by atoms with Gasteiger partial charge in [-0.15, -0.1) is 0 Å². The number of hydrogen-bond donors (Lipinski definition) is 2. The van der Waals surface area contributed by atoms with Crippen molar-refractivity contribution < 1.29 is 27.8 Å². The lowest BCUT2D eigenvalue weighted by molar-refractivity contribution is -0.122. The standard InChI is InChI=1S/C18H27ClFN3O3S.CH2O2/c1-14-12-18(16(19)13-17(14)20)27(25,26)23-4-2-15(3-5-23)22-8-6-21(7-9-22)10-11-24;2-1-3/h12-13,15,24H,2-11H2,1H3;1H,(H,2,3). The van der Waals surface area contributed by atoms with Crippen molar-refractivity contribution in [2.75, 3.05) is 52.4 Å². The molecule has 0 aromatic heterocycles. The molecule has 0 saturated carbocycles. The summed E-state index contributed by atoms with van der Waals surface area (Å²) in [4.78, 5) is 13.0. The van der Waals surface area contributed by atoms with Gasteiger partial charge in [-0.25, -0.2) is 12.8 Å². The van der Waals surface area contributed by atoms with E-state index in [2.05, 4.69) is 9.80 Å². The Balaban J connectivity index is 0.00000101. The summed E-state index contributed by atoms with van der Waals surface area (Å²) in [6.07, 6.45) is 1.55. The molecule has 0 unspecified atom stereocenters. The third-order valence-corrected chi connectivity index (χ3v) is 7.96. The monoisotopic (exact) mass is 465 g/mol. The van der Waals surface area contributed by atoms with Crippen LogP contribution in [0.1, 0.15) is 18.4 Å². The van der Waals surface area contributed by atoms with Gasteiger partial charge >= 0.3 is 0 Å². The van der Waals surface area contributed by atoms with E-state index >= 15 is 0 Å². The number of β-amino-alcohol motifs (C(OH)–C–C–N with tert-alkyl or cyclic N) is 1. The summed E-state index contributed by atoms with van der Waals surface area (Å²) in [6.45, 7) is 6.82. The van der Waals surface area contributed by atoms with Gasteiger partial charge < -0.3 is 10.2 Å². The van der Waals surface area contributed by atoms with Gasteiger partial charge in [0.1, 0.15) is 10.7 Å². The second-order valence-corrected chi connectivity index (χ2v) is 9.69. The Bertz CT molecular complexity index is 811. The van der Waals surface area contributed by atoms with Gasteiger partial charge in [0.25, 0.3) is 6.47 Å². The lowest BCUT2D eigenvalue weighted by Gasteiger charge is -2.42. The number of halogens is 2. The Labute approximate surface area is 181 Å². The van der Waals surface area contributed by atoms with Gasteiger partial charge in [0.05, 0.1) is 11.6 Å². The first-order valence-electron chi connectivity index (χ1n) is 9.85. The van der Waals surface area contributed by atoms with Crippen LogP contribution >= 0.6 is 11.6 Å². The molecule has 0 spiro atoms. The van der Waals surface area contributed by atoms with Gasteiger partial charge in [-0.1, -0.05) is 11.6 Å². The largest absolute Gasteiger partial charge is 0.483 e. The number of benzene rings is 1. The minimum atomic E-state index is -3.72. The normalized spacial score (nSPS) is 19.9. The van der Waals surface area contributed by atoms with Crippen LogP contribution in [0, 0.1) is 12.7 Å². The third-order valence-electron chi connectivity index (χ3n) is 5.59. The summed E-state index contributed by atoms with van der Waals surface area (Å²) in [5.41, 5.74) is 0.272. The van der Waals surface area contributed by atoms with Crippen molar-refractivity contribution in [1.82, 2.24) is 14.1 Å². The zero-order valence-corrected chi connectivity index (χ0v) is 18.6. The fourth-order valence-electron chi connectivity index (χ4n) is 3.91. The highest BCUT2D eigenvalue weighted by Crippen LogP contribution is 2.30. The van der Waals surface area contributed by atoms with Crippen LogP contribution in [0.25, 0.3) is 0 Å². The Kier molecular flexibility index (Phi) is 9.45. The average Bonchev–Trinajstić information content (AvgIpc) is 2.72. The summed E-state index contributed by atoms with van der Waals surface area (Å²) in [7, 11) is -3.72. The lowest BCUT2D eigenvalue weighted by Crippen LogP contribution is -2.54. The van der Waals surface area contributed by atoms with E-state index < -0.39 is 15.8 Å². The number of piperidine rings is 1. The number of aryl methyl sites for hydroxylation is 1. The Morgan fingerprint density at radius 1 is 1.17 bits per heavy atom. The Morgan fingerprint density at radius 2 is 1.73 bits per heavy atom. The van der Waals surface area contributed by atoms with Gasteiger partial charge in [-0.2, -0.15) is 4.31 Å². The first-order valence-corrected chi connectivity index (χ1v) is 11.7. The minimum absolute atomic E-state index is 0.0147. The molecule has 11 heteroatoms. The number of aliphatic hydroxyl groups excluding tert-OH is 1. The topological polar surface area (TPSA) is 101 Å². The molecule has 0 aliphatic carbocycles. The first-order chi connectivity index (χ1) is 14.2.